The minimum atomic E-state index is -0.507. The second-order valence-corrected chi connectivity index (χ2v) is 6.79. The van der Waals surface area contributed by atoms with E-state index in [1.807, 2.05) is 52.9 Å². The van der Waals surface area contributed by atoms with E-state index >= 15 is 0 Å². The van der Waals surface area contributed by atoms with E-state index in [4.69, 9.17) is 4.74 Å². The first-order chi connectivity index (χ1) is 10.2. The Labute approximate surface area is 132 Å². The molecule has 0 bridgehead atoms. The third-order valence-corrected chi connectivity index (χ3v) is 3.82. The van der Waals surface area contributed by atoms with Gasteiger partial charge in [-0.2, -0.15) is 0 Å². The molecule has 1 N–H and O–H groups in total. The summed E-state index contributed by atoms with van der Waals surface area (Å²) < 4.78 is 7.26. The molecule has 0 amide bonds. The smallest absolute Gasteiger partial charge is 0.419 e. The molecule has 1 atom stereocenters. The molecular formula is C18H26N2O2. The molecule has 0 aliphatic rings. The molecule has 0 saturated carbocycles. The Morgan fingerprint density at radius 3 is 2.55 bits per heavy atom. The Bertz CT molecular complexity index is 680. The van der Waals surface area contributed by atoms with Gasteiger partial charge in [-0.25, -0.2) is 9.36 Å². The maximum absolute atomic E-state index is 12.6. The van der Waals surface area contributed by atoms with Gasteiger partial charge in [0.05, 0.1) is 5.52 Å². The zero-order chi connectivity index (χ0) is 16.5. The van der Waals surface area contributed by atoms with Gasteiger partial charge < -0.3 is 10.1 Å². The summed E-state index contributed by atoms with van der Waals surface area (Å²) in [7, 11) is 1.95. The van der Waals surface area contributed by atoms with Gasteiger partial charge in [-0.1, -0.05) is 18.2 Å². The van der Waals surface area contributed by atoms with Crippen LogP contribution in [0.1, 0.15) is 39.0 Å². The third kappa shape index (κ3) is 3.33. The summed E-state index contributed by atoms with van der Waals surface area (Å²) in [6.45, 7) is 9.78. The minimum absolute atomic E-state index is 0.315. The normalized spacial score (nSPS) is 13.4. The number of rotatable bonds is 3. The Balaban J connectivity index is 2.55. The number of ether oxygens (including phenoxy) is 1. The van der Waals surface area contributed by atoms with Crippen molar-refractivity contribution >= 4 is 17.0 Å². The molecule has 0 radical (unpaired) electrons. The number of hydrogen-bond acceptors (Lipinski definition) is 3. The molecule has 0 aliphatic carbocycles. The Morgan fingerprint density at radius 2 is 1.95 bits per heavy atom. The molecule has 4 heteroatoms. The van der Waals surface area contributed by atoms with Gasteiger partial charge >= 0.3 is 6.09 Å². The molecule has 4 nitrogen and oxygen atoms in total. The van der Waals surface area contributed by atoms with Crippen LogP contribution >= 0.6 is 0 Å². The Kier molecular flexibility index (Phi) is 4.61. The number of nitrogens with one attached hydrogen (secondary N) is 1. The van der Waals surface area contributed by atoms with E-state index in [1.54, 1.807) is 4.57 Å². The SMILES string of the molecule is CN[C@@H](C)Cc1c(C)n(C(=O)OC(C)(C)C)c2ccccc12. The maximum Gasteiger partial charge on any atom is 0.419 e. The first kappa shape index (κ1) is 16.6. The van der Waals surface area contributed by atoms with Crippen LogP contribution in [-0.2, 0) is 11.2 Å². The number of aromatic nitrogens is 1. The van der Waals surface area contributed by atoms with E-state index < -0.39 is 5.60 Å². The van der Waals surface area contributed by atoms with Crippen molar-refractivity contribution in [2.75, 3.05) is 7.05 Å². The molecule has 2 aromatic rings. The van der Waals surface area contributed by atoms with Gasteiger partial charge in [0.1, 0.15) is 5.60 Å². The lowest BCUT2D eigenvalue weighted by atomic mass is 10.0. The number of fused-ring (bicyclic) bond motifs is 1. The van der Waals surface area contributed by atoms with Crippen LogP contribution in [0.25, 0.3) is 10.9 Å². The van der Waals surface area contributed by atoms with Crippen LogP contribution in [0.4, 0.5) is 4.79 Å². The van der Waals surface area contributed by atoms with Gasteiger partial charge in [0.25, 0.3) is 0 Å². The van der Waals surface area contributed by atoms with Crippen LogP contribution in [0.15, 0.2) is 24.3 Å². The predicted molar refractivity (Wildman–Crippen MR) is 90.5 cm³/mol. The zero-order valence-electron chi connectivity index (χ0n) is 14.4. The quantitative estimate of drug-likeness (QED) is 0.935. The highest BCUT2D eigenvalue weighted by molar-refractivity contribution is 5.93. The van der Waals surface area contributed by atoms with Crippen molar-refractivity contribution in [3.05, 3.63) is 35.5 Å². The van der Waals surface area contributed by atoms with Crippen molar-refractivity contribution in [2.45, 2.75) is 52.7 Å². The highest BCUT2D eigenvalue weighted by Crippen LogP contribution is 2.28. The van der Waals surface area contributed by atoms with Gasteiger partial charge in [-0.3, -0.25) is 0 Å². The van der Waals surface area contributed by atoms with E-state index in [9.17, 15) is 4.79 Å². The van der Waals surface area contributed by atoms with E-state index in [1.165, 1.54) is 5.56 Å². The average molecular weight is 302 g/mol. The fraction of sp³-hybridized carbons (Fsp3) is 0.500. The fourth-order valence-electron chi connectivity index (χ4n) is 2.64. The molecule has 0 saturated heterocycles. The number of nitrogens with zero attached hydrogens (tertiary/aromatic N) is 1. The number of carbonyl (C=O) groups excluding carboxylic acids is 1. The summed E-state index contributed by atoms with van der Waals surface area (Å²) in [5, 5.41) is 4.38. The number of hydrogen-bond donors (Lipinski definition) is 1. The number of para-hydroxylation sites is 1. The Morgan fingerprint density at radius 1 is 1.32 bits per heavy atom. The van der Waals surface area contributed by atoms with E-state index in [0.29, 0.717) is 6.04 Å². The molecule has 120 valence electrons. The molecule has 2 rings (SSSR count). The van der Waals surface area contributed by atoms with E-state index in [2.05, 4.69) is 18.3 Å². The maximum atomic E-state index is 12.6. The summed E-state index contributed by atoms with van der Waals surface area (Å²) >= 11 is 0. The molecule has 1 heterocycles. The van der Waals surface area contributed by atoms with Crippen LogP contribution in [-0.4, -0.2) is 29.4 Å². The van der Waals surface area contributed by atoms with Gasteiger partial charge in [-0.15, -0.1) is 0 Å². The standard InChI is InChI=1S/C18H26N2O2/c1-12(19-6)11-15-13(2)20(17(21)22-18(3,4)5)16-10-8-7-9-14(15)16/h7-10,12,19H,11H2,1-6H3/t12-/m0/s1. The van der Waals surface area contributed by atoms with Gasteiger partial charge in [0, 0.05) is 17.1 Å². The number of likely N-dealkylation sites (N-methyl/N-ethyl adjacent to an activating group) is 1. The molecule has 0 unspecified atom stereocenters. The fourth-order valence-corrected chi connectivity index (χ4v) is 2.64. The first-order valence-electron chi connectivity index (χ1n) is 7.74. The van der Waals surface area contributed by atoms with Crippen molar-refractivity contribution in [3.8, 4) is 0 Å². The van der Waals surface area contributed by atoms with Crippen molar-refractivity contribution in [1.29, 1.82) is 0 Å². The highest BCUT2D eigenvalue weighted by atomic mass is 16.6. The topological polar surface area (TPSA) is 43.3 Å². The largest absolute Gasteiger partial charge is 0.443 e. The lowest BCUT2D eigenvalue weighted by molar-refractivity contribution is 0.0541. The summed E-state index contributed by atoms with van der Waals surface area (Å²) in [5.74, 6) is 0. The Hall–Kier alpha value is -1.81. The second-order valence-electron chi connectivity index (χ2n) is 6.79. The summed E-state index contributed by atoms with van der Waals surface area (Å²) in [6, 6.07) is 8.35. The first-order valence-corrected chi connectivity index (χ1v) is 7.74. The van der Waals surface area contributed by atoms with Gasteiger partial charge in [-0.05, 0) is 59.7 Å². The van der Waals surface area contributed by atoms with Crippen molar-refractivity contribution in [3.63, 3.8) is 0 Å². The van der Waals surface area contributed by atoms with E-state index in [-0.39, 0.29) is 6.09 Å². The lowest BCUT2D eigenvalue weighted by Gasteiger charge is -2.20. The van der Waals surface area contributed by atoms with Crippen molar-refractivity contribution in [1.82, 2.24) is 9.88 Å². The van der Waals surface area contributed by atoms with Crippen LogP contribution in [0, 0.1) is 6.92 Å². The predicted octanol–water partition coefficient (Wildman–Crippen LogP) is 3.88. The van der Waals surface area contributed by atoms with Crippen molar-refractivity contribution in [2.24, 2.45) is 0 Å². The summed E-state index contributed by atoms with van der Waals surface area (Å²) in [5.41, 5.74) is 2.56. The number of carbonyl (C=O) groups is 1. The van der Waals surface area contributed by atoms with Crippen molar-refractivity contribution < 1.29 is 9.53 Å². The lowest BCUT2D eigenvalue weighted by Crippen LogP contribution is -2.28. The molecule has 0 fully saturated rings. The molecule has 0 aliphatic heterocycles. The number of benzene rings is 1. The molecule has 1 aromatic heterocycles. The van der Waals surface area contributed by atoms with Crippen LogP contribution in [0.3, 0.4) is 0 Å². The zero-order valence-corrected chi connectivity index (χ0v) is 14.4. The van der Waals surface area contributed by atoms with E-state index in [0.717, 1.165) is 23.0 Å². The summed E-state index contributed by atoms with van der Waals surface area (Å²) in [4.78, 5) is 12.6. The third-order valence-electron chi connectivity index (χ3n) is 3.82. The van der Waals surface area contributed by atoms with Gasteiger partial charge in [0.2, 0.25) is 0 Å². The van der Waals surface area contributed by atoms with Gasteiger partial charge in [0.15, 0.2) is 0 Å². The second kappa shape index (κ2) is 6.13. The summed E-state index contributed by atoms with van der Waals surface area (Å²) in [6.07, 6.45) is 0.558. The minimum Gasteiger partial charge on any atom is -0.443 e. The molecule has 22 heavy (non-hydrogen) atoms. The van der Waals surface area contributed by atoms with Crippen LogP contribution in [0.2, 0.25) is 0 Å². The molecule has 1 aromatic carbocycles. The average Bonchev–Trinajstić information content (AvgIpc) is 2.70. The van der Waals surface area contributed by atoms with Crippen LogP contribution < -0.4 is 5.32 Å². The molecule has 0 spiro atoms. The molecular weight excluding hydrogens is 276 g/mol. The monoisotopic (exact) mass is 302 g/mol. The highest BCUT2D eigenvalue weighted by Gasteiger charge is 2.23. The van der Waals surface area contributed by atoms with Crippen LogP contribution in [0.5, 0.6) is 0 Å².